The number of rotatable bonds is 5. The van der Waals surface area contributed by atoms with Crippen LogP contribution in [-0.2, 0) is 11.8 Å². The summed E-state index contributed by atoms with van der Waals surface area (Å²) in [6.07, 6.45) is 0.786. The summed E-state index contributed by atoms with van der Waals surface area (Å²) in [6.45, 7) is 2.03. The largest absolute Gasteiger partial charge is 0.207 e. The SMILES string of the molecule is Cc1ccc(F)cc1CC(CBr)(CBr)c1ccc(Br)cc1. The highest BCUT2D eigenvalue weighted by atomic mass is 79.9. The van der Waals surface area contributed by atoms with Gasteiger partial charge in [0, 0.05) is 20.5 Å². The van der Waals surface area contributed by atoms with Crippen molar-refractivity contribution in [2.45, 2.75) is 18.8 Å². The Bertz CT molecular complexity index is 604. The second-order valence-electron chi connectivity index (χ2n) is 5.30. The lowest BCUT2D eigenvalue weighted by atomic mass is 9.78. The summed E-state index contributed by atoms with van der Waals surface area (Å²) >= 11 is 10.8. The van der Waals surface area contributed by atoms with E-state index in [9.17, 15) is 4.39 Å². The molecular weight excluding hydrogens is 463 g/mol. The van der Waals surface area contributed by atoms with Crippen molar-refractivity contribution < 1.29 is 4.39 Å². The van der Waals surface area contributed by atoms with Gasteiger partial charge in [0.05, 0.1) is 0 Å². The summed E-state index contributed by atoms with van der Waals surface area (Å²) in [5, 5.41) is 1.62. The second kappa shape index (κ2) is 7.38. The summed E-state index contributed by atoms with van der Waals surface area (Å²) in [4.78, 5) is 0. The van der Waals surface area contributed by atoms with E-state index in [0.29, 0.717) is 0 Å². The van der Waals surface area contributed by atoms with Crippen LogP contribution in [0.15, 0.2) is 46.9 Å². The van der Waals surface area contributed by atoms with E-state index in [1.807, 2.05) is 25.1 Å². The maximum absolute atomic E-state index is 13.6. The summed E-state index contributed by atoms with van der Waals surface area (Å²) in [5.74, 6) is -0.176. The topological polar surface area (TPSA) is 0 Å². The van der Waals surface area contributed by atoms with Gasteiger partial charge in [0.1, 0.15) is 5.82 Å². The van der Waals surface area contributed by atoms with Gasteiger partial charge in [-0.05, 0) is 54.3 Å². The first kappa shape index (κ1) is 17.2. The molecule has 0 heterocycles. The van der Waals surface area contributed by atoms with Crippen LogP contribution >= 0.6 is 47.8 Å². The molecule has 2 rings (SSSR count). The Morgan fingerprint density at radius 3 is 2.19 bits per heavy atom. The molecule has 0 amide bonds. The lowest BCUT2D eigenvalue weighted by Gasteiger charge is -2.31. The van der Waals surface area contributed by atoms with Crippen LogP contribution in [0.25, 0.3) is 0 Å². The molecule has 21 heavy (non-hydrogen) atoms. The minimum absolute atomic E-state index is 0.0980. The Labute approximate surface area is 150 Å². The summed E-state index contributed by atoms with van der Waals surface area (Å²) in [5.41, 5.74) is 3.32. The number of alkyl halides is 2. The van der Waals surface area contributed by atoms with Crippen molar-refractivity contribution in [2.75, 3.05) is 10.7 Å². The Hall–Kier alpha value is -0.190. The molecule has 0 nitrogen and oxygen atoms in total. The molecule has 2 aromatic rings. The van der Waals surface area contributed by atoms with E-state index < -0.39 is 0 Å². The fraction of sp³-hybridized carbons (Fsp3) is 0.294. The van der Waals surface area contributed by atoms with Gasteiger partial charge in [-0.1, -0.05) is 66.0 Å². The molecule has 0 aliphatic rings. The van der Waals surface area contributed by atoms with Gasteiger partial charge in [0.15, 0.2) is 0 Å². The lowest BCUT2D eigenvalue weighted by molar-refractivity contribution is 0.545. The van der Waals surface area contributed by atoms with Crippen molar-refractivity contribution in [3.8, 4) is 0 Å². The van der Waals surface area contributed by atoms with E-state index in [4.69, 9.17) is 0 Å². The average molecular weight is 479 g/mol. The van der Waals surface area contributed by atoms with Crippen LogP contribution in [0.1, 0.15) is 16.7 Å². The highest BCUT2D eigenvalue weighted by molar-refractivity contribution is 9.10. The van der Waals surface area contributed by atoms with Crippen molar-refractivity contribution in [3.05, 3.63) is 69.4 Å². The first-order chi connectivity index (χ1) is 10.0. The predicted molar refractivity (Wildman–Crippen MR) is 98.2 cm³/mol. The van der Waals surface area contributed by atoms with Crippen LogP contribution in [0.2, 0.25) is 0 Å². The van der Waals surface area contributed by atoms with E-state index in [2.05, 4.69) is 59.9 Å². The van der Waals surface area contributed by atoms with Crippen molar-refractivity contribution in [2.24, 2.45) is 0 Å². The number of hydrogen-bond donors (Lipinski definition) is 0. The van der Waals surface area contributed by atoms with Gasteiger partial charge in [-0.3, -0.25) is 0 Å². The molecule has 0 aromatic heterocycles. The summed E-state index contributed by atoms with van der Waals surface area (Å²) < 4.78 is 14.6. The van der Waals surface area contributed by atoms with Crippen LogP contribution in [0, 0.1) is 12.7 Å². The Balaban J connectivity index is 2.42. The molecule has 0 bridgehead atoms. The highest BCUT2D eigenvalue weighted by Crippen LogP contribution is 2.34. The molecule has 4 heteroatoms. The predicted octanol–water partition coefficient (Wildman–Crippen LogP) is 6.17. The van der Waals surface area contributed by atoms with E-state index in [-0.39, 0.29) is 11.2 Å². The molecule has 0 aliphatic heterocycles. The first-order valence-electron chi connectivity index (χ1n) is 6.64. The number of aryl methyl sites for hydroxylation is 1. The molecule has 2 aromatic carbocycles. The smallest absolute Gasteiger partial charge is 0.123 e. The van der Waals surface area contributed by atoms with Crippen molar-refractivity contribution in [1.82, 2.24) is 0 Å². The third-order valence-corrected chi connectivity index (χ3v) is 6.48. The van der Waals surface area contributed by atoms with Gasteiger partial charge in [-0.15, -0.1) is 0 Å². The van der Waals surface area contributed by atoms with Crippen molar-refractivity contribution >= 4 is 47.8 Å². The minimum atomic E-state index is -0.176. The molecule has 112 valence electrons. The molecule has 0 fully saturated rings. The molecule has 0 saturated heterocycles. The highest BCUT2D eigenvalue weighted by Gasteiger charge is 2.31. The zero-order valence-electron chi connectivity index (χ0n) is 11.7. The zero-order chi connectivity index (χ0) is 15.5. The number of halogens is 4. The molecular formula is C17H16Br3F. The molecule has 0 radical (unpaired) electrons. The standard InChI is InChI=1S/C17H16Br3F/c1-12-2-7-16(21)8-13(12)9-17(10-18,11-19)14-3-5-15(20)6-4-14/h2-8H,9-11H2,1H3. The molecule has 0 N–H and O–H groups in total. The quantitative estimate of drug-likeness (QED) is 0.451. The summed E-state index contributed by atoms with van der Waals surface area (Å²) in [6, 6.07) is 13.4. The first-order valence-corrected chi connectivity index (χ1v) is 9.67. The lowest BCUT2D eigenvalue weighted by Crippen LogP contribution is -2.33. The van der Waals surface area contributed by atoms with Crippen LogP contribution in [-0.4, -0.2) is 10.7 Å². The molecule has 0 spiro atoms. The van der Waals surface area contributed by atoms with E-state index in [0.717, 1.165) is 32.7 Å². The van der Waals surface area contributed by atoms with Crippen LogP contribution in [0.5, 0.6) is 0 Å². The van der Waals surface area contributed by atoms with Crippen molar-refractivity contribution in [3.63, 3.8) is 0 Å². The van der Waals surface area contributed by atoms with Crippen LogP contribution in [0.3, 0.4) is 0 Å². The molecule has 0 saturated carbocycles. The normalized spacial score (nSPS) is 11.7. The van der Waals surface area contributed by atoms with Crippen LogP contribution in [0.4, 0.5) is 4.39 Å². The number of hydrogen-bond acceptors (Lipinski definition) is 0. The maximum Gasteiger partial charge on any atom is 0.123 e. The molecule has 0 aliphatic carbocycles. The van der Waals surface area contributed by atoms with Gasteiger partial charge >= 0.3 is 0 Å². The van der Waals surface area contributed by atoms with E-state index >= 15 is 0 Å². The fourth-order valence-electron chi connectivity index (χ4n) is 2.39. The summed E-state index contributed by atoms with van der Waals surface area (Å²) in [7, 11) is 0. The number of benzene rings is 2. The molecule has 0 atom stereocenters. The van der Waals surface area contributed by atoms with Gasteiger partial charge < -0.3 is 0 Å². The second-order valence-corrected chi connectivity index (χ2v) is 7.34. The van der Waals surface area contributed by atoms with Gasteiger partial charge in [0.2, 0.25) is 0 Å². The fourth-order valence-corrected chi connectivity index (χ4v) is 4.62. The third kappa shape index (κ3) is 3.96. The van der Waals surface area contributed by atoms with E-state index in [1.54, 1.807) is 6.07 Å². The Morgan fingerprint density at radius 1 is 1.00 bits per heavy atom. The Morgan fingerprint density at radius 2 is 1.62 bits per heavy atom. The van der Waals surface area contributed by atoms with E-state index in [1.165, 1.54) is 11.6 Å². The monoisotopic (exact) mass is 476 g/mol. The van der Waals surface area contributed by atoms with Gasteiger partial charge in [-0.2, -0.15) is 0 Å². The van der Waals surface area contributed by atoms with Gasteiger partial charge in [-0.25, -0.2) is 4.39 Å². The molecule has 0 unspecified atom stereocenters. The van der Waals surface area contributed by atoms with Crippen molar-refractivity contribution in [1.29, 1.82) is 0 Å². The Kier molecular flexibility index (Phi) is 6.04. The maximum atomic E-state index is 13.6. The third-order valence-electron chi connectivity index (χ3n) is 3.81. The minimum Gasteiger partial charge on any atom is -0.207 e. The van der Waals surface area contributed by atoms with Crippen LogP contribution < -0.4 is 0 Å². The zero-order valence-corrected chi connectivity index (χ0v) is 16.4. The van der Waals surface area contributed by atoms with Gasteiger partial charge in [0.25, 0.3) is 0 Å². The average Bonchev–Trinajstić information content (AvgIpc) is 2.49.